The van der Waals surface area contributed by atoms with Gasteiger partial charge in [-0.15, -0.1) is 0 Å². The topological polar surface area (TPSA) is 47.2 Å². The lowest BCUT2D eigenvalue weighted by atomic mass is 10.1. The molecule has 1 N–H and O–H groups in total. The number of anilines is 1. The molecule has 0 aliphatic carbocycles. The molecule has 2 aromatic heterocycles. The Bertz CT molecular complexity index is 740. The third-order valence-electron chi connectivity index (χ3n) is 3.90. The number of furan rings is 1. The fourth-order valence-electron chi connectivity index (χ4n) is 2.64. The summed E-state index contributed by atoms with van der Waals surface area (Å²) in [6.07, 6.45) is 5.83. The first kappa shape index (κ1) is 15.2. The van der Waals surface area contributed by atoms with Gasteiger partial charge in [-0.25, -0.2) is 0 Å². The van der Waals surface area contributed by atoms with E-state index in [4.69, 9.17) is 4.42 Å². The number of hydrogen-bond donors (Lipinski definition) is 1. The summed E-state index contributed by atoms with van der Waals surface area (Å²) in [5, 5.41) is 3.01. The monoisotopic (exact) mass is 308 g/mol. The molecule has 1 aromatic carbocycles. The van der Waals surface area contributed by atoms with E-state index < -0.39 is 0 Å². The van der Waals surface area contributed by atoms with E-state index in [1.807, 2.05) is 73.3 Å². The van der Waals surface area contributed by atoms with Crippen LogP contribution in [0.3, 0.4) is 0 Å². The summed E-state index contributed by atoms with van der Waals surface area (Å²) in [5.74, 6) is 0.742. The molecule has 0 saturated heterocycles. The number of aryl methyl sites for hydroxylation is 2. The molecule has 1 atom stereocenters. The fourth-order valence-corrected chi connectivity index (χ4v) is 2.64. The molecule has 0 aliphatic rings. The van der Waals surface area contributed by atoms with Crippen molar-refractivity contribution < 1.29 is 9.21 Å². The Kier molecular flexibility index (Phi) is 4.33. The third kappa shape index (κ3) is 3.54. The molecule has 0 saturated carbocycles. The Hall–Kier alpha value is -2.75. The van der Waals surface area contributed by atoms with Gasteiger partial charge in [0.25, 0.3) is 0 Å². The van der Waals surface area contributed by atoms with Gasteiger partial charge in [0.1, 0.15) is 5.76 Å². The van der Waals surface area contributed by atoms with Crippen LogP contribution in [0.2, 0.25) is 0 Å². The summed E-state index contributed by atoms with van der Waals surface area (Å²) in [5.41, 5.74) is 3.04. The van der Waals surface area contributed by atoms with Gasteiger partial charge in [-0.3, -0.25) is 4.79 Å². The van der Waals surface area contributed by atoms with Gasteiger partial charge in [0.2, 0.25) is 5.91 Å². The van der Waals surface area contributed by atoms with Crippen LogP contribution in [0.25, 0.3) is 0 Å². The molecular formula is C19H20N2O2. The van der Waals surface area contributed by atoms with Gasteiger partial charge in [-0.05, 0) is 55.3 Å². The number of benzene rings is 1. The van der Waals surface area contributed by atoms with E-state index in [-0.39, 0.29) is 11.9 Å². The molecule has 2 heterocycles. The lowest BCUT2D eigenvalue weighted by Crippen LogP contribution is -2.19. The van der Waals surface area contributed by atoms with Crippen LogP contribution in [0, 0.1) is 13.8 Å². The Morgan fingerprint density at radius 3 is 2.65 bits per heavy atom. The standard InChI is InChI=1S/C19H20N2O2/c1-14-7-8-15(2)16(12-14)20-19(22)13-17(18-6-5-11-23-18)21-9-3-4-10-21/h3-12,17H,13H2,1-2H3,(H,20,22). The van der Waals surface area contributed by atoms with Crippen molar-refractivity contribution in [3.63, 3.8) is 0 Å². The lowest BCUT2D eigenvalue weighted by molar-refractivity contribution is -0.116. The molecular weight excluding hydrogens is 288 g/mol. The zero-order chi connectivity index (χ0) is 16.2. The van der Waals surface area contributed by atoms with Gasteiger partial charge in [0.15, 0.2) is 0 Å². The predicted octanol–water partition coefficient (Wildman–Crippen LogP) is 4.32. The molecule has 1 amide bonds. The highest BCUT2D eigenvalue weighted by Crippen LogP contribution is 2.24. The van der Waals surface area contributed by atoms with Gasteiger partial charge >= 0.3 is 0 Å². The SMILES string of the molecule is Cc1ccc(C)c(NC(=O)CC(c2ccco2)n2cccc2)c1. The Morgan fingerprint density at radius 2 is 1.96 bits per heavy atom. The first-order chi connectivity index (χ1) is 11.1. The third-order valence-corrected chi connectivity index (χ3v) is 3.90. The first-order valence-corrected chi connectivity index (χ1v) is 7.66. The number of carbonyl (C=O) groups excluding carboxylic acids is 1. The number of aromatic nitrogens is 1. The maximum absolute atomic E-state index is 12.5. The van der Waals surface area contributed by atoms with E-state index in [1.165, 1.54) is 0 Å². The predicted molar refractivity (Wildman–Crippen MR) is 90.4 cm³/mol. The quantitative estimate of drug-likeness (QED) is 0.763. The van der Waals surface area contributed by atoms with Crippen molar-refractivity contribution in [1.29, 1.82) is 0 Å². The summed E-state index contributed by atoms with van der Waals surface area (Å²) in [4.78, 5) is 12.5. The normalized spacial score (nSPS) is 12.1. The van der Waals surface area contributed by atoms with E-state index in [1.54, 1.807) is 6.26 Å². The average Bonchev–Trinajstić information content (AvgIpc) is 3.21. The molecule has 3 aromatic rings. The van der Waals surface area contributed by atoms with Crippen LogP contribution in [0.1, 0.15) is 29.3 Å². The molecule has 3 rings (SSSR count). The van der Waals surface area contributed by atoms with Gasteiger partial charge < -0.3 is 14.3 Å². The van der Waals surface area contributed by atoms with Crippen molar-refractivity contribution in [3.05, 3.63) is 78.0 Å². The van der Waals surface area contributed by atoms with Gasteiger partial charge in [0, 0.05) is 18.1 Å². The molecule has 0 spiro atoms. The van der Waals surface area contributed by atoms with Crippen molar-refractivity contribution in [2.75, 3.05) is 5.32 Å². The van der Waals surface area contributed by atoms with Crippen molar-refractivity contribution in [3.8, 4) is 0 Å². The zero-order valence-corrected chi connectivity index (χ0v) is 13.3. The van der Waals surface area contributed by atoms with Crippen LogP contribution in [0.5, 0.6) is 0 Å². The second kappa shape index (κ2) is 6.57. The highest BCUT2D eigenvalue weighted by atomic mass is 16.3. The minimum absolute atomic E-state index is 0.0335. The first-order valence-electron chi connectivity index (χ1n) is 7.66. The molecule has 0 aliphatic heterocycles. The van der Waals surface area contributed by atoms with Crippen molar-refractivity contribution in [2.24, 2.45) is 0 Å². The number of amides is 1. The summed E-state index contributed by atoms with van der Waals surface area (Å²) in [7, 11) is 0. The Labute approximate surface area is 135 Å². The van der Waals surface area contributed by atoms with E-state index >= 15 is 0 Å². The number of nitrogens with one attached hydrogen (secondary N) is 1. The van der Waals surface area contributed by atoms with Crippen molar-refractivity contribution in [1.82, 2.24) is 4.57 Å². The van der Waals surface area contributed by atoms with E-state index in [0.717, 1.165) is 22.6 Å². The molecule has 4 nitrogen and oxygen atoms in total. The number of hydrogen-bond acceptors (Lipinski definition) is 2. The second-order valence-electron chi connectivity index (χ2n) is 5.73. The van der Waals surface area contributed by atoms with Crippen LogP contribution in [0.4, 0.5) is 5.69 Å². The molecule has 23 heavy (non-hydrogen) atoms. The largest absolute Gasteiger partial charge is 0.467 e. The summed E-state index contributed by atoms with van der Waals surface area (Å²) >= 11 is 0. The van der Waals surface area contributed by atoms with Gasteiger partial charge in [0.05, 0.1) is 18.7 Å². The van der Waals surface area contributed by atoms with E-state index in [9.17, 15) is 4.79 Å². The van der Waals surface area contributed by atoms with Crippen LogP contribution in [-0.2, 0) is 4.79 Å². The summed E-state index contributed by atoms with van der Waals surface area (Å²) in [6.45, 7) is 4.01. The van der Waals surface area contributed by atoms with Crippen LogP contribution >= 0.6 is 0 Å². The summed E-state index contributed by atoms with van der Waals surface area (Å²) < 4.78 is 7.50. The molecule has 0 fully saturated rings. The van der Waals surface area contributed by atoms with Crippen LogP contribution in [-0.4, -0.2) is 10.5 Å². The highest BCUT2D eigenvalue weighted by Gasteiger charge is 2.20. The Morgan fingerprint density at radius 1 is 1.17 bits per heavy atom. The van der Waals surface area contributed by atoms with Crippen LogP contribution < -0.4 is 5.32 Å². The molecule has 1 unspecified atom stereocenters. The fraction of sp³-hybridized carbons (Fsp3) is 0.211. The van der Waals surface area contributed by atoms with Crippen molar-refractivity contribution in [2.45, 2.75) is 26.3 Å². The van der Waals surface area contributed by atoms with E-state index in [0.29, 0.717) is 6.42 Å². The van der Waals surface area contributed by atoms with Crippen LogP contribution in [0.15, 0.2) is 65.5 Å². The minimum Gasteiger partial charge on any atom is -0.467 e. The number of nitrogens with zero attached hydrogens (tertiary/aromatic N) is 1. The maximum atomic E-state index is 12.5. The molecule has 0 bridgehead atoms. The van der Waals surface area contributed by atoms with Gasteiger partial charge in [-0.1, -0.05) is 12.1 Å². The average molecular weight is 308 g/mol. The maximum Gasteiger partial charge on any atom is 0.226 e. The molecule has 4 heteroatoms. The molecule has 118 valence electrons. The smallest absolute Gasteiger partial charge is 0.226 e. The molecule has 0 radical (unpaired) electrons. The summed E-state index contributed by atoms with van der Waals surface area (Å²) in [6, 6.07) is 13.5. The lowest BCUT2D eigenvalue weighted by Gasteiger charge is -2.17. The zero-order valence-electron chi connectivity index (χ0n) is 13.3. The number of carbonyl (C=O) groups is 1. The Balaban J connectivity index is 1.78. The number of rotatable bonds is 5. The second-order valence-corrected chi connectivity index (χ2v) is 5.73. The van der Waals surface area contributed by atoms with Crippen molar-refractivity contribution >= 4 is 11.6 Å². The van der Waals surface area contributed by atoms with Gasteiger partial charge in [-0.2, -0.15) is 0 Å². The van der Waals surface area contributed by atoms with E-state index in [2.05, 4.69) is 5.32 Å². The highest BCUT2D eigenvalue weighted by molar-refractivity contribution is 5.92. The minimum atomic E-state index is -0.148.